The average Bonchev–Trinajstić information content (AvgIpc) is 2.64. The van der Waals surface area contributed by atoms with E-state index in [0.29, 0.717) is 17.9 Å². The van der Waals surface area contributed by atoms with Gasteiger partial charge in [-0.15, -0.1) is 0 Å². The SMILES string of the molecule is CCOC(=O)c1cc2ccoc2cn1. The number of ether oxygens (including phenoxy) is 1. The lowest BCUT2D eigenvalue weighted by atomic mass is 10.3. The number of carbonyl (C=O) groups is 1. The van der Waals surface area contributed by atoms with Crippen LogP contribution in [-0.4, -0.2) is 17.6 Å². The molecule has 0 N–H and O–H groups in total. The Kier molecular flexibility index (Phi) is 2.18. The first-order valence-corrected chi connectivity index (χ1v) is 4.31. The molecule has 0 saturated carbocycles. The number of carbonyl (C=O) groups excluding carboxylic acids is 1. The van der Waals surface area contributed by atoms with Gasteiger partial charge >= 0.3 is 5.97 Å². The summed E-state index contributed by atoms with van der Waals surface area (Å²) in [5.74, 6) is -0.407. The summed E-state index contributed by atoms with van der Waals surface area (Å²) >= 11 is 0. The molecule has 2 aromatic heterocycles. The van der Waals surface area contributed by atoms with Gasteiger partial charge in [-0.25, -0.2) is 9.78 Å². The lowest BCUT2D eigenvalue weighted by molar-refractivity contribution is 0.0520. The first-order chi connectivity index (χ1) is 6.81. The predicted octanol–water partition coefficient (Wildman–Crippen LogP) is 2.00. The van der Waals surface area contributed by atoms with E-state index in [1.807, 2.05) is 0 Å². The van der Waals surface area contributed by atoms with E-state index in [9.17, 15) is 4.79 Å². The van der Waals surface area contributed by atoms with Crippen LogP contribution >= 0.6 is 0 Å². The van der Waals surface area contributed by atoms with Crippen molar-refractivity contribution in [1.82, 2.24) is 4.98 Å². The lowest BCUT2D eigenvalue weighted by Gasteiger charge is -1.99. The van der Waals surface area contributed by atoms with Gasteiger partial charge in [-0.1, -0.05) is 0 Å². The van der Waals surface area contributed by atoms with Crippen LogP contribution in [0.2, 0.25) is 0 Å². The van der Waals surface area contributed by atoms with E-state index in [0.717, 1.165) is 5.39 Å². The topological polar surface area (TPSA) is 52.3 Å². The first kappa shape index (κ1) is 8.74. The Morgan fingerprint density at radius 1 is 1.64 bits per heavy atom. The normalized spacial score (nSPS) is 10.4. The van der Waals surface area contributed by atoms with Crippen LogP contribution in [-0.2, 0) is 4.74 Å². The fourth-order valence-electron chi connectivity index (χ4n) is 1.18. The van der Waals surface area contributed by atoms with Crippen molar-refractivity contribution < 1.29 is 13.9 Å². The van der Waals surface area contributed by atoms with Gasteiger partial charge in [-0.2, -0.15) is 0 Å². The number of nitrogens with zero attached hydrogens (tertiary/aromatic N) is 1. The van der Waals surface area contributed by atoms with E-state index in [-0.39, 0.29) is 0 Å². The number of furan rings is 1. The second-order valence-corrected chi connectivity index (χ2v) is 2.75. The minimum absolute atomic E-state index is 0.306. The zero-order valence-corrected chi connectivity index (χ0v) is 7.69. The third kappa shape index (κ3) is 1.46. The third-order valence-electron chi connectivity index (χ3n) is 1.82. The summed E-state index contributed by atoms with van der Waals surface area (Å²) in [6.07, 6.45) is 3.07. The molecule has 0 spiro atoms. The van der Waals surface area contributed by atoms with Gasteiger partial charge in [0.05, 0.1) is 19.1 Å². The summed E-state index contributed by atoms with van der Waals surface area (Å²) in [6, 6.07) is 3.43. The lowest BCUT2D eigenvalue weighted by Crippen LogP contribution is -2.06. The zero-order valence-electron chi connectivity index (χ0n) is 7.69. The number of hydrogen-bond donors (Lipinski definition) is 0. The molecule has 0 bridgehead atoms. The van der Waals surface area contributed by atoms with Crippen LogP contribution in [0.3, 0.4) is 0 Å². The van der Waals surface area contributed by atoms with Gasteiger partial charge in [-0.3, -0.25) is 0 Å². The number of pyridine rings is 1. The quantitative estimate of drug-likeness (QED) is 0.681. The van der Waals surface area contributed by atoms with Crippen molar-refractivity contribution in [2.24, 2.45) is 0 Å². The summed E-state index contributed by atoms with van der Waals surface area (Å²) in [5.41, 5.74) is 0.971. The number of aromatic nitrogens is 1. The minimum Gasteiger partial charge on any atom is -0.463 e. The average molecular weight is 191 g/mol. The Labute approximate surface area is 80.5 Å². The fraction of sp³-hybridized carbons (Fsp3) is 0.200. The monoisotopic (exact) mass is 191 g/mol. The van der Waals surface area contributed by atoms with Crippen molar-refractivity contribution >= 4 is 16.9 Å². The molecular weight excluding hydrogens is 182 g/mol. The molecule has 0 radical (unpaired) electrons. The van der Waals surface area contributed by atoms with Gasteiger partial charge < -0.3 is 9.15 Å². The molecule has 0 unspecified atom stereocenters. The number of esters is 1. The molecule has 0 saturated heterocycles. The van der Waals surface area contributed by atoms with Crippen molar-refractivity contribution in [1.29, 1.82) is 0 Å². The van der Waals surface area contributed by atoms with Crippen LogP contribution in [0.25, 0.3) is 11.0 Å². The molecule has 14 heavy (non-hydrogen) atoms. The Bertz CT molecular complexity index is 461. The van der Waals surface area contributed by atoms with Gasteiger partial charge in [0.2, 0.25) is 0 Å². The summed E-state index contributed by atoms with van der Waals surface area (Å²) in [6.45, 7) is 2.11. The molecule has 0 aliphatic heterocycles. The van der Waals surface area contributed by atoms with E-state index < -0.39 is 5.97 Å². The molecule has 0 aliphatic carbocycles. The zero-order chi connectivity index (χ0) is 9.97. The Balaban J connectivity index is 2.38. The van der Waals surface area contributed by atoms with Crippen LogP contribution < -0.4 is 0 Å². The summed E-state index contributed by atoms with van der Waals surface area (Å²) in [7, 11) is 0. The Hall–Kier alpha value is -1.84. The Morgan fingerprint density at radius 3 is 3.29 bits per heavy atom. The Morgan fingerprint density at radius 2 is 2.50 bits per heavy atom. The molecule has 2 heterocycles. The molecule has 4 nitrogen and oxygen atoms in total. The van der Waals surface area contributed by atoms with Crippen LogP contribution in [0.15, 0.2) is 29.0 Å². The van der Waals surface area contributed by atoms with Crippen molar-refractivity contribution in [2.45, 2.75) is 6.92 Å². The maximum absolute atomic E-state index is 11.3. The third-order valence-corrected chi connectivity index (χ3v) is 1.82. The van der Waals surface area contributed by atoms with Gasteiger partial charge in [0, 0.05) is 5.39 Å². The highest BCUT2D eigenvalue weighted by atomic mass is 16.5. The van der Waals surface area contributed by atoms with Crippen LogP contribution in [0.1, 0.15) is 17.4 Å². The van der Waals surface area contributed by atoms with Crippen molar-refractivity contribution in [3.63, 3.8) is 0 Å². The van der Waals surface area contributed by atoms with Crippen LogP contribution in [0.4, 0.5) is 0 Å². The summed E-state index contributed by atoms with van der Waals surface area (Å²) in [5, 5.41) is 0.850. The maximum atomic E-state index is 11.3. The highest BCUT2D eigenvalue weighted by Gasteiger charge is 2.09. The number of fused-ring (bicyclic) bond motifs is 1. The van der Waals surface area contributed by atoms with Gasteiger partial charge in [-0.05, 0) is 19.1 Å². The van der Waals surface area contributed by atoms with Gasteiger partial charge in [0.15, 0.2) is 5.58 Å². The molecule has 72 valence electrons. The maximum Gasteiger partial charge on any atom is 0.356 e. The molecule has 0 amide bonds. The highest BCUT2D eigenvalue weighted by molar-refractivity contribution is 5.91. The number of rotatable bonds is 2. The molecule has 4 heteroatoms. The molecule has 0 atom stereocenters. The van der Waals surface area contributed by atoms with Crippen molar-refractivity contribution in [3.8, 4) is 0 Å². The van der Waals surface area contributed by atoms with E-state index in [2.05, 4.69) is 4.98 Å². The van der Waals surface area contributed by atoms with Gasteiger partial charge in [0.25, 0.3) is 0 Å². The molecule has 0 aliphatic rings. The van der Waals surface area contributed by atoms with E-state index in [1.165, 1.54) is 6.20 Å². The molecule has 2 aromatic rings. The smallest absolute Gasteiger partial charge is 0.356 e. The molecular formula is C10H9NO3. The molecule has 0 aromatic carbocycles. The van der Waals surface area contributed by atoms with E-state index in [1.54, 1.807) is 25.3 Å². The van der Waals surface area contributed by atoms with Gasteiger partial charge in [0.1, 0.15) is 5.69 Å². The fourth-order valence-corrected chi connectivity index (χ4v) is 1.18. The number of hydrogen-bond acceptors (Lipinski definition) is 4. The summed E-state index contributed by atoms with van der Waals surface area (Å²) in [4.78, 5) is 15.2. The van der Waals surface area contributed by atoms with E-state index in [4.69, 9.17) is 9.15 Å². The largest absolute Gasteiger partial charge is 0.463 e. The predicted molar refractivity (Wildman–Crippen MR) is 50.0 cm³/mol. The van der Waals surface area contributed by atoms with Crippen LogP contribution in [0.5, 0.6) is 0 Å². The van der Waals surface area contributed by atoms with Crippen molar-refractivity contribution in [3.05, 3.63) is 30.3 Å². The molecule has 2 rings (SSSR count). The highest BCUT2D eigenvalue weighted by Crippen LogP contribution is 2.15. The minimum atomic E-state index is -0.407. The second kappa shape index (κ2) is 3.49. The first-order valence-electron chi connectivity index (χ1n) is 4.31. The standard InChI is InChI=1S/C10H9NO3/c1-2-13-10(12)8-5-7-3-4-14-9(7)6-11-8/h3-6H,2H2,1H3. The van der Waals surface area contributed by atoms with Crippen LogP contribution in [0, 0.1) is 0 Å². The molecule has 0 fully saturated rings. The van der Waals surface area contributed by atoms with Crippen molar-refractivity contribution in [2.75, 3.05) is 6.61 Å². The summed E-state index contributed by atoms with van der Waals surface area (Å²) < 4.78 is 9.92. The second-order valence-electron chi connectivity index (χ2n) is 2.75. The van der Waals surface area contributed by atoms with E-state index >= 15 is 0 Å².